The summed E-state index contributed by atoms with van der Waals surface area (Å²) in [6, 6.07) is 0. The number of hydrogen-bond acceptors (Lipinski definition) is 0. The molecule has 0 bridgehead atoms. The Labute approximate surface area is 84.1 Å². The lowest BCUT2D eigenvalue weighted by Crippen LogP contribution is -2.02. The first-order valence-electron chi connectivity index (χ1n) is 6.09. The fourth-order valence-electron chi connectivity index (χ4n) is 3.19. The first-order valence-corrected chi connectivity index (χ1v) is 6.09. The summed E-state index contributed by atoms with van der Waals surface area (Å²) in [5.41, 5.74) is 0. The summed E-state index contributed by atoms with van der Waals surface area (Å²) in [6.07, 6.45) is 4.24. The molecule has 0 N–H and O–H groups in total. The Morgan fingerprint density at radius 3 is 2.08 bits per heavy atom. The van der Waals surface area contributed by atoms with Crippen LogP contribution in [0.5, 0.6) is 0 Å². The first kappa shape index (κ1) is 11.1. The SMILES string of the molecule is CCCCC(C)C1C(C)C1C(C)C. The van der Waals surface area contributed by atoms with Gasteiger partial charge in [0.2, 0.25) is 0 Å². The summed E-state index contributed by atoms with van der Waals surface area (Å²) in [6.45, 7) is 12.0. The molecule has 0 aliphatic heterocycles. The molecule has 1 aliphatic carbocycles. The molecule has 1 saturated carbocycles. The van der Waals surface area contributed by atoms with Crippen molar-refractivity contribution in [3.8, 4) is 0 Å². The van der Waals surface area contributed by atoms with Gasteiger partial charge in [-0.15, -0.1) is 0 Å². The van der Waals surface area contributed by atoms with Crippen molar-refractivity contribution in [2.45, 2.75) is 53.9 Å². The summed E-state index contributed by atoms with van der Waals surface area (Å²) in [5, 5.41) is 0. The molecule has 1 fully saturated rings. The van der Waals surface area contributed by atoms with E-state index in [4.69, 9.17) is 0 Å². The van der Waals surface area contributed by atoms with Crippen LogP contribution >= 0.6 is 0 Å². The van der Waals surface area contributed by atoms with Crippen LogP contribution in [-0.2, 0) is 0 Å². The maximum Gasteiger partial charge on any atom is -0.0326 e. The second-order valence-electron chi connectivity index (χ2n) is 5.38. The molecule has 0 radical (unpaired) electrons. The van der Waals surface area contributed by atoms with Crippen molar-refractivity contribution in [3.05, 3.63) is 0 Å². The molecule has 0 spiro atoms. The minimum Gasteiger partial charge on any atom is -0.0654 e. The largest absolute Gasteiger partial charge is 0.0654 e. The Bertz CT molecular complexity index is 148. The van der Waals surface area contributed by atoms with Crippen LogP contribution in [0.2, 0.25) is 0 Å². The van der Waals surface area contributed by atoms with Crippen LogP contribution in [0, 0.1) is 29.6 Å². The summed E-state index contributed by atoms with van der Waals surface area (Å²) < 4.78 is 0. The van der Waals surface area contributed by atoms with E-state index in [1.807, 2.05) is 0 Å². The van der Waals surface area contributed by atoms with Crippen molar-refractivity contribution < 1.29 is 0 Å². The molecular formula is C13H26. The van der Waals surface area contributed by atoms with Gasteiger partial charge in [-0.1, -0.05) is 53.9 Å². The predicted octanol–water partition coefficient (Wildman–Crippen LogP) is 4.35. The Balaban J connectivity index is 2.29. The van der Waals surface area contributed by atoms with Crippen molar-refractivity contribution in [1.29, 1.82) is 0 Å². The molecule has 0 heterocycles. The molecule has 4 unspecified atom stereocenters. The second kappa shape index (κ2) is 4.48. The molecule has 0 saturated heterocycles. The van der Waals surface area contributed by atoms with Gasteiger partial charge >= 0.3 is 0 Å². The van der Waals surface area contributed by atoms with E-state index in [0.717, 1.165) is 29.6 Å². The molecule has 78 valence electrons. The fraction of sp³-hybridized carbons (Fsp3) is 1.00. The lowest BCUT2D eigenvalue weighted by atomic mass is 9.95. The Kier molecular flexibility index (Phi) is 3.82. The van der Waals surface area contributed by atoms with Crippen LogP contribution in [0.25, 0.3) is 0 Å². The average molecular weight is 182 g/mol. The molecule has 4 atom stereocenters. The Hall–Kier alpha value is 0. The Morgan fingerprint density at radius 1 is 1.08 bits per heavy atom. The van der Waals surface area contributed by atoms with Crippen LogP contribution in [0.3, 0.4) is 0 Å². The van der Waals surface area contributed by atoms with Crippen LogP contribution in [-0.4, -0.2) is 0 Å². The molecule has 1 aliphatic rings. The maximum absolute atomic E-state index is 2.46. The van der Waals surface area contributed by atoms with Crippen molar-refractivity contribution in [2.75, 3.05) is 0 Å². The highest BCUT2D eigenvalue weighted by atomic mass is 14.5. The minimum absolute atomic E-state index is 0.907. The molecule has 0 nitrogen and oxygen atoms in total. The number of rotatable bonds is 5. The van der Waals surface area contributed by atoms with Gasteiger partial charge in [0.05, 0.1) is 0 Å². The van der Waals surface area contributed by atoms with E-state index in [0.29, 0.717) is 0 Å². The minimum atomic E-state index is 0.907. The second-order valence-corrected chi connectivity index (χ2v) is 5.38. The molecule has 1 rings (SSSR count). The molecule has 0 aromatic carbocycles. The zero-order valence-corrected chi connectivity index (χ0v) is 10.0. The van der Waals surface area contributed by atoms with Gasteiger partial charge in [-0.3, -0.25) is 0 Å². The Morgan fingerprint density at radius 2 is 1.69 bits per heavy atom. The summed E-state index contributed by atoms with van der Waals surface area (Å²) in [7, 11) is 0. The predicted molar refractivity (Wildman–Crippen MR) is 59.7 cm³/mol. The van der Waals surface area contributed by atoms with Gasteiger partial charge in [-0.2, -0.15) is 0 Å². The van der Waals surface area contributed by atoms with Gasteiger partial charge in [-0.25, -0.2) is 0 Å². The molecular weight excluding hydrogens is 156 g/mol. The highest BCUT2D eigenvalue weighted by molar-refractivity contribution is 4.97. The van der Waals surface area contributed by atoms with Crippen LogP contribution in [0.15, 0.2) is 0 Å². The summed E-state index contributed by atoms with van der Waals surface area (Å²) in [5.74, 6) is 4.97. The zero-order chi connectivity index (χ0) is 10.0. The van der Waals surface area contributed by atoms with Gasteiger partial charge < -0.3 is 0 Å². The number of hydrogen-bond donors (Lipinski definition) is 0. The van der Waals surface area contributed by atoms with Crippen molar-refractivity contribution in [3.63, 3.8) is 0 Å². The van der Waals surface area contributed by atoms with Gasteiger partial charge in [0, 0.05) is 0 Å². The van der Waals surface area contributed by atoms with Gasteiger partial charge in [-0.05, 0) is 29.6 Å². The maximum atomic E-state index is 2.46. The van der Waals surface area contributed by atoms with E-state index in [-0.39, 0.29) is 0 Å². The zero-order valence-electron chi connectivity index (χ0n) is 10.0. The molecule has 13 heavy (non-hydrogen) atoms. The van der Waals surface area contributed by atoms with Gasteiger partial charge in [0.1, 0.15) is 0 Å². The summed E-state index contributed by atoms with van der Waals surface area (Å²) >= 11 is 0. The normalized spacial score (nSPS) is 35.1. The quantitative estimate of drug-likeness (QED) is 0.593. The third-order valence-electron chi connectivity index (χ3n) is 3.96. The molecule has 0 amide bonds. The van der Waals surface area contributed by atoms with E-state index in [1.165, 1.54) is 19.3 Å². The summed E-state index contributed by atoms with van der Waals surface area (Å²) in [4.78, 5) is 0. The van der Waals surface area contributed by atoms with E-state index in [9.17, 15) is 0 Å². The standard InChI is InChI=1S/C13H26/c1-6-7-8-10(4)13-11(5)12(13)9(2)3/h9-13H,6-8H2,1-5H3. The van der Waals surface area contributed by atoms with Gasteiger partial charge in [0.25, 0.3) is 0 Å². The van der Waals surface area contributed by atoms with Crippen LogP contribution in [0.4, 0.5) is 0 Å². The fourth-order valence-corrected chi connectivity index (χ4v) is 3.19. The smallest absolute Gasteiger partial charge is 0.0326 e. The average Bonchev–Trinajstić information content (AvgIpc) is 2.73. The highest BCUT2D eigenvalue weighted by Gasteiger charge is 2.50. The monoisotopic (exact) mass is 182 g/mol. The first-order chi connectivity index (χ1) is 6.09. The topological polar surface area (TPSA) is 0 Å². The third kappa shape index (κ3) is 2.48. The lowest BCUT2D eigenvalue weighted by molar-refractivity contribution is 0.391. The van der Waals surface area contributed by atoms with Gasteiger partial charge in [0.15, 0.2) is 0 Å². The van der Waals surface area contributed by atoms with E-state index < -0.39 is 0 Å². The molecule has 0 aromatic heterocycles. The van der Waals surface area contributed by atoms with Crippen molar-refractivity contribution in [2.24, 2.45) is 29.6 Å². The van der Waals surface area contributed by atoms with E-state index >= 15 is 0 Å². The van der Waals surface area contributed by atoms with Crippen molar-refractivity contribution in [1.82, 2.24) is 0 Å². The molecule has 0 aromatic rings. The molecule has 0 heteroatoms. The van der Waals surface area contributed by atoms with Crippen molar-refractivity contribution >= 4 is 0 Å². The third-order valence-corrected chi connectivity index (χ3v) is 3.96. The van der Waals surface area contributed by atoms with E-state index in [2.05, 4.69) is 34.6 Å². The highest BCUT2D eigenvalue weighted by Crippen LogP contribution is 2.55. The lowest BCUT2D eigenvalue weighted by Gasteiger charge is -2.11. The van der Waals surface area contributed by atoms with Crippen LogP contribution < -0.4 is 0 Å². The number of unbranched alkanes of at least 4 members (excludes halogenated alkanes) is 1. The van der Waals surface area contributed by atoms with Crippen LogP contribution in [0.1, 0.15) is 53.9 Å². The van der Waals surface area contributed by atoms with E-state index in [1.54, 1.807) is 0 Å².